The molecule has 1 unspecified atom stereocenters. The van der Waals surface area contributed by atoms with Crippen molar-refractivity contribution < 1.29 is 37.7 Å². The third kappa shape index (κ3) is 6.45. The number of carboxylic acid groups (broad SMARTS) is 2. The van der Waals surface area contributed by atoms with Gasteiger partial charge in [0.15, 0.2) is 0 Å². The van der Waals surface area contributed by atoms with E-state index in [1.807, 2.05) is 7.05 Å². The molecular weight excluding hydrogens is 419 g/mol. The predicted molar refractivity (Wildman–Crippen MR) is 104 cm³/mol. The van der Waals surface area contributed by atoms with Gasteiger partial charge in [0.05, 0.1) is 19.3 Å². The average molecular weight is 443 g/mol. The van der Waals surface area contributed by atoms with Gasteiger partial charge >= 0.3 is 18.1 Å². The molecule has 0 bridgehead atoms. The number of nitrogens with one attached hydrogen (secondary N) is 1. The van der Waals surface area contributed by atoms with Crippen molar-refractivity contribution in [3.63, 3.8) is 0 Å². The number of imidazole rings is 1. The van der Waals surface area contributed by atoms with Crippen molar-refractivity contribution in [2.24, 2.45) is 7.05 Å². The minimum atomic E-state index is -5.08. The van der Waals surface area contributed by atoms with E-state index in [-0.39, 0.29) is 0 Å². The van der Waals surface area contributed by atoms with E-state index in [1.54, 1.807) is 31.4 Å². The molecule has 0 fully saturated rings. The number of carboxylic acids is 2. The highest BCUT2D eigenvalue weighted by Gasteiger charge is 2.38. The topological polar surface area (TPSA) is 114 Å². The highest BCUT2D eigenvalue weighted by atomic mass is 19.4. The summed E-state index contributed by atoms with van der Waals surface area (Å²) in [4.78, 5) is 25.3. The third-order valence-electron chi connectivity index (χ3n) is 4.85. The van der Waals surface area contributed by atoms with Crippen LogP contribution in [-0.4, -0.2) is 45.0 Å². The maximum Gasteiger partial charge on any atom is 0.490 e. The molecule has 1 heterocycles. The van der Waals surface area contributed by atoms with Gasteiger partial charge in [-0.05, 0) is 43.4 Å². The Morgan fingerprint density at radius 1 is 1.26 bits per heavy atom. The molecule has 2 aromatic rings. The maximum absolute atomic E-state index is 11.7. The maximum atomic E-state index is 11.7. The number of methoxy groups -OCH3 is 1. The van der Waals surface area contributed by atoms with Crippen LogP contribution in [0.5, 0.6) is 5.75 Å². The zero-order chi connectivity index (χ0) is 23.2. The largest absolute Gasteiger partial charge is 0.497 e. The molecule has 3 rings (SSSR count). The van der Waals surface area contributed by atoms with Crippen molar-refractivity contribution in [3.8, 4) is 5.75 Å². The first-order valence-electron chi connectivity index (χ1n) is 9.48. The number of rotatable bonds is 6. The van der Waals surface area contributed by atoms with E-state index in [9.17, 15) is 23.1 Å². The van der Waals surface area contributed by atoms with Gasteiger partial charge in [0.25, 0.3) is 0 Å². The van der Waals surface area contributed by atoms with Gasteiger partial charge in [-0.25, -0.2) is 9.78 Å². The minimum Gasteiger partial charge on any atom is -0.497 e. The van der Waals surface area contributed by atoms with Crippen LogP contribution < -0.4 is 10.1 Å². The monoisotopic (exact) mass is 443 g/mol. The summed E-state index contributed by atoms with van der Waals surface area (Å²) < 4.78 is 39.0. The van der Waals surface area contributed by atoms with Crippen molar-refractivity contribution in [1.29, 1.82) is 0 Å². The minimum absolute atomic E-state index is 0.414. The van der Waals surface area contributed by atoms with Crippen LogP contribution in [0.3, 0.4) is 0 Å². The van der Waals surface area contributed by atoms with Gasteiger partial charge in [-0.1, -0.05) is 12.1 Å². The Morgan fingerprint density at radius 2 is 1.90 bits per heavy atom. The molecule has 0 amide bonds. The number of aromatic nitrogens is 2. The number of aliphatic carboxylic acids is 2. The molecule has 1 aliphatic rings. The summed E-state index contributed by atoms with van der Waals surface area (Å²) >= 11 is 0. The van der Waals surface area contributed by atoms with Gasteiger partial charge in [0, 0.05) is 12.7 Å². The number of fused-ring (bicyclic) bond motifs is 1. The number of hydrogen-bond donors (Lipinski definition) is 3. The summed E-state index contributed by atoms with van der Waals surface area (Å²) in [5.74, 6) is -2.14. The number of alkyl halides is 3. The Hall–Kier alpha value is -3.08. The van der Waals surface area contributed by atoms with Crippen molar-refractivity contribution in [2.75, 3.05) is 7.11 Å². The first-order valence-corrected chi connectivity index (χ1v) is 9.48. The zero-order valence-corrected chi connectivity index (χ0v) is 17.1. The highest BCUT2D eigenvalue weighted by molar-refractivity contribution is 5.75. The Balaban J connectivity index is 0.000000423. The summed E-state index contributed by atoms with van der Waals surface area (Å²) in [5, 5.41) is 19.8. The molecular formula is C20H24F3N3O5. The second-order valence-corrected chi connectivity index (χ2v) is 6.92. The molecule has 0 spiro atoms. The summed E-state index contributed by atoms with van der Waals surface area (Å²) in [6.45, 7) is 0.414. The fourth-order valence-electron chi connectivity index (χ4n) is 3.26. The number of ether oxygens (including phenoxy) is 1. The summed E-state index contributed by atoms with van der Waals surface area (Å²) in [6.07, 6.45) is -0.641. The van der Waals surface area contributed by atoms with Crippen molar-refractivity contribution in [3.05, 3.63) is 47.0 Å². The lowest BCUT2D eigenvalue weighted by Crippen LogP contribution is -2.29. The van der Waals surface area contributed by atoms with Crippen molar-refractivity contribution in [2.45, 2.75) is 44.4 Å². The van der Waals surface area contributed by atoms with E-state index in [0.29, 0.717) is 17.9 Å². The van der Waals surface area contributed by atoms with E-state index in [4.69, 9.17) is 19.6 Å². The molecule has 1 aromatic heterocycles. The van der Waals surface area contributed by atoms with Crippen molar-refractivity contribution in [1.82, 2.24) is 14.9 Å². The third-order valence-corrected chi connectivity index (χ3v) is 4.85. The van der Waals surface area contributed by atoms with E-state index in [0.717, 1.165) is 24.4 Å². The fraction of sp³-hybridized carbons (Fsp3) is 0.450. The van der Waals surface area contributed by atoms with Crippen LogP contribution in [0.25, 0.3) is 0 Å². The molecule has 170 valence electrons. The number of hydrogen-bond acceptors (Lipinski definition) is 5. The van der Waals surface area contributed by atoms with Gasteiger partial charge in [-0.2, -0.15) is 13.2 Å². The molecule has 0 saturated carbocycles. The first kappa shape index (κ1) is 24.2. The molecule has 0 radical (unpaired) electrons. The normalized spacial score (nSPS) is 14.1. The molecule has 1 atom stereocenters. The van der Waals surface area contributed by atoms with E-state index in [2.05, 4.69) is 9.88 Å². The van der Waals surface area contributed by atoms with Gasteiger partial charge in [-0.15, -0.1) is 0 Å². The van der Waals surface area contributed by atoms with Crippen LogP contribution in [-0.2, 0) is 36.0 Å². The van der Waals surface area contributed by atoms with E-state index < -0.39 is 24.2 Å². The van der Waals surface area contributed by atoms with E-state index >= 15 is 0 Å². The molecule has 3 N–H and O–H groups in total. The highest BCUT2D eigenvalue weighted by Crippen LogP contribution is 2.23. The van der Waals surface area contributed by atoms with Crippen LogP contribution >= 0.6 is 0 Å². The van der Waals surface area contributed by atoms with Gasteiger partial charge < -0.3 is 19.5 Å². The summed E-state index contributed by atoms with van der Waals surface area (Å²) in [6, 6.07) is 6.34. The predicted octanol–water partition coefficient (Wildman–Crippen LogP) is 2.86. The second kappa shape index (κ2) is 10.3. The standard InChI is InChI=1S/C18H23N3O3.C2HF3O2/c1-21-15-9-4-3-8-14(15)20-16(21)11-19-17(18(22)23)12-6-5-7-13(10-12)24-2;3-2(4,5)1(6)7/h5-7,10,17,19H,3-4,8-9,11H2,1-2H3,(H,22,23);(H,6,7). The Labute approximate surface area is 176 Å². The Kier molecular flexibility index (Phi) is 8.03. The first-order chi connectivity index (χ1) is 14.5. The van der Waals surface area contributed by atoms with Crippen LogP contribution in [0.4, 0.5) is 13.2 Å². The lowest BCUT2D eigenvalue weighted by Gasteiger charge is -2.16. The summed E-state index contributed by atoms with van der Waals surface area (Å²) in [7, 11) is 3.58. The van der Waals surface area contributed by atoms with E-state index in [1.165, 1.54) is 18.5 Å². The molecule has 8 nitrogen and oxygen atoms in total. The van der Waals surface area contributed by atoms with Gasteiger partial charge in [0.2, 0.25) is 0 Å². The SMILES string of the molecule is COc1cccc(C(NCc2nc3c(n2C)CCCC3)C(=O)O)c1.O=C(O)C(F)(F)F. The Bertz CT molecular complexity index is 927. The molecule has 0 aliphatic heterocycles. The summed E-state index contributed by atoms with van der Waals surface area (Å²) in [5.41, 5.74) is 3.11. The lowest BCUT2D eigenvalue weighted by atomic mass is 10.0. The van der Waals surface area contributed by atoms with Crippen LogP contribution in [0, 0.1) is 0 Å². The number of nitrogens with zero attached hydrogens (tertiary/aromatic N) is 2. The molecule has 1 aliphatic carbocycles. The van der Waals surface area contributed by atoms with Gasteiger partial charge in [0.1, 0.15) is 17.6 Å². The number of aryl methyl sites for hydroxylation is 1. The molecule has 1 aromatic carbocycles. The van der Waals surface area contributed by atoms with Gasteiger partial charge in [-0.3, -0.25) is 10.1 Å². The van der Waals surface area contributed by atoms with Crippen molar-refractivity contribution >= 4 is 11.9 Å². The van der Waals surface area contributed by atoms with Crippen LogP contribution in [0.15, 0.2) is 24.3 Å². The van der Waals surface area contributed by atoms with Crippen LogP contribution in [0.2, 0.25) is 0 Å². The quantitative estimate of drug-likeness (QED) is 0.629. The zero-order valence-electron chi connectivity index (χ0n) is 17.1. The smallest absolute Gasteiger partial charge is 0.490 e. The Morgan fingerprint density at radius 3 is 2.45 bits per heavy atom. The van der Waals surface area contributed by atoms with Crippen LogP contribution in [0.1, 0.15) is 41.7 Å². The number of halogens is 3. The lowest BCUT2D eigenvalue weighted by molar-refractivity contribution is -0.192. The average Bonchev–Trinajstić information content (AvgIpc) is 3.04. The number of benzene rings is 1. The number of carbonyl (C=O) groups is 2. The molecule has 31 heavy (non-hydrogen) atoms. The fourth-order valence-corrected chi connectivity index (χ4v) is 3.26. The molecule has 0 saturated heterocycles. The second-order valence-electron chi connectivity index (χ2n) is 6.92. The molecule has 11 heteroatoms.